The van der Waals surface area contributed by atoms with E-state index in [1.165, 1.54) is 6.33 Å². The maximum atomic E-state index is 10.4. The number of carboxylic acid groups (broad SMARTS) is 1. The first-order valence-corrected chi connectivity index (χ1v) is 4.43. The Hall–Kier alpha value is -1.49. The van der Waals surface area contributed by atoms with Gasteiger partial charge in [-0.25, -0.2) is 9.97 Å². The zero-order chi connectivity index (χ0) is 10.4. The van der Waals surface area contributed by atoms with E-state index in [0.717, 1.165) is 18.5 Å². The molecule has 0 aromatic carbocycles. The van der Waals surface area contributed by atoms with Crippen molar-refractivity contribution in [3.8, 4) is 0 Å². The number of carboxylic acids is 1. The van der Waals surface area contributed by atoms with Gasteiger partial charge in [0.05, 0.1) is 0 Å². The highest BCUT2D eigenvalue weighted by Crippen LogP contribution is 2.02. The van der Waals surface area contributed by atoms with Crippen LogP contribution in [0.25, 0.3) is 0 Å². The molecule has 0 aliphatic carbocycles. The summed E-state index contributed by atoms with van der Waals surface area (Å²) in [6.07, 6.45) is 5.08. The lowest BCUT2D eigenvalue weighted by molar-refractivity contribution is -0.138. The van der Waals surface area contributed by atoms with Crippen LogP contribution in [-0.2, 0) is 11.2 Å². The Labute approximate surface area is 82.0 Å². The van der Waals surface area contributed by atoms with Crippen molar-refractivity contribution < 1.29 is 9.90 Å². The monoisotopic (exact) mass is 195 g/mol. The third kappa shape index (κ3) is 3.49. The van der Waals surface area contributed by atoms with Crippen molar-refractivity contribution in [3.63, 3.8) is 0 Å². The van der Waals surface area contributed by atoms with Crippen molar-refractivity contribution in [2.24, 2.45) is 5.73 Å². The lowest BCUT2D eigenvalue weighted by atomic mass is 10.1. The molecule has 1 aromatic heterocycles. The number of nitrogens with two attached hydrogens (primary N) is 1. The molecule has 0 bridgehead atoms. The molecule has 3 N–H and O–H groups in total. The zero-order valence-corrected chi connectivity index (χ0v) is 7.76. The summed E-state index contributed by atoms with van der Waals surface area (Å²) in [5.41, 5.74) is 6.26. The Balaban J connectivity index is 2.26. The summed E-state index contributed by atoms with van der Waals surface area (Å²) in [7, 11) is 0. The molecule has 0 amide bonds. The van der Waals surface area contributed by atoms with Gasteiger partial charge < -0.3 is 10.8 Å². The minimum Gasteiger partial charge on any atom is -0.480 e. The van der Waals surface area contributed by atoms with Crippen molar-refractivity contribution in [1.29, 1.82) is 0 Å². The Morgan fingerprint density at radius 3 is 3.00 bits per heavy atom. The van der Waals surface area contributed by atoms with Gasteiger partial charge in [-0.05, 0) is 25.3 Å². The molecule has 0 spiro atoms. The van der Waals surface area contributed by atoms with Crippen LogP contribution in [0.15, 0.2) is 18.6 Å². The molecule has 5 heteroatoms. The molecule has 0 radical (unpaired) electrons. The van der Waals surface area contributed by atoms with Crippen LogP contribution in [0.2, 0.25) is 0 Å². The Kier molecular flexibility index (Phi) is 4.00. The molecule has 1 atom stereocenters. The molecular formula is C9H13N3O2. The molecule has 5 nitrogen and oxygen atoms in total. The van der Waals surface area contributed by atoms with E-state index in [9.17, 15) is 4.79 Å². The van der Waals surface area contributed by atoms with Gasteiger partial charge in [0.15, 0.2) is 0 Å². The molecule has 1 unspecified atom stereocenters. The summed E-state index contributed by atoms with van der Waals surface area (Å²) >= 11 is 0. The molecule has 1 aromatic rings. The van der Waals surface area contributed by atoms with Crippen LogP contribution in [-0.4, -0.2) is 27.1 Å². The highest BCUT2D eigenvalue weighted by atomic mass is 16.4. The van der Waals surface area contributed by atoms with E-state index in [-0.39, 0.29) is 0 Å². The second kappa shape index (κ2) is 5.29. The maximum Gasteiger partial charge on any atom is 0.320 e. The lowest BCUT2D eigenvalue weighted by Crippen LogP contribution is -2.29. The van der Waals surface area contributed by atoms with Crippen molar-refractivity contribution in [2.45, 2.75) is 25.3 Å². The molecule has 0 saturated carbocycles. The number of carbonyl (C=O) groups is 1. The lowest BCUT2D eigenvalue weighted by Gasteiger charge is -2.04. The normalized spacial score (nSPS) is 12.4. The SMILES string of the molecule is NC(CCCc1ccncn1)C(=O)O. The Morgan fingerprint density at radius 1 is 1.64 bits per heavy atom. The molecule has 0 saturated heterocycles. The maximum absolute atomic E-state index is 10.4. The molecule has 76 valence electrons. The zero-order valence-electron chi connectivity index (χ0n) is 7.76. The molecule has 0 fully saturated rings. The van der Waals surface area contributed by atoms with Crippen molar-refractivity contribution in [3.05, 3.63) is 24.3 Å². The fourth-order valence-corrected chi connectivity index (χ4v) is 1.09. The van der Waals surface area contributed by atoms with E-state index < -0.39 is 12.0 Å². The Morgan fingerprint density at radius 2 is 2.43 bits per heavy atom. The van der Waals surface area contributed by atoms with Crippen LogP contribution < -0.4 is 5.73 Å². The first-order valence-electron chi connectivity index (χ1n) is 4.43. The van der Waals surface area contributed by atoms with Crippen LogP contribution in [0, 0.1) is 0 Å². The van der Waals surface area contributed by atoms with Gasteiger partial charge in [0, 0.05) is 11.9 Å². The highest BCUT2D eigenvalue weighted by molar-refractivity contribution is 5.72. The van der Waals surface area contributed by atoms with E-state index in [2.05, 4.69) is 9.97 Å². The summed E-state index contributed by atoms with van der Waals surface area (Å²) in [4.78, 5) is 18.2. The summed E-state index contributed by atoms with van der Waals surface area (Å²) in [5.74, 6) is -0.951. The second-order valence-electron chi connectivity index (χ2n) is 3.04. The van der Waals surface area contributed by atoms with Crippen LogP contribution in [0.1, 0.15) is 18.5 Å². The van der Waals surface area contributed by atoms with Crippen molar-refractivity contribution in [1.82, 2.24) is 9.97 Å². The fourth-order valence-electron chi connectivity index (χ4n) is 1.09. The topological polar surface area (TPSA) is 89.1 Å². The highest BCUT2D eigenvalue weighted by Gasteiger charge is 2.10. The second-order valence-corrected chi connectivity index (χ2v) is 3.04. The van der Waals surface area contributed by atoms with Gasteiger partial charge in [-0.1, -0.05) is 0 Å². The number of rotatable bonds is 5. The van der Waals surface area contributed by atoms with Crippen LogP contribution in [0.4, 0.5) is 0 Å². The van der Waals surface area contributed by atoms with Crippen LogP contribution >= 0.6 is 0 Å². The van der Waals surface area contributed by atoms with Gasteiger partial charge in [0.2, 0.25) is 0 Å². The molecule has 0 aliphatic rings. The summed E-state index contributed by atoms with van der Waals surface area (Å²) in [5, 5.41) is 8.53. The van der Waals surface area contributed by atoms with E-state index in [4.69, 9.17) is 10.8 Å². The number of nitrogens with zero attached hydrogens (tertiary/aromatic N) is 2. The number of aryl methyl sites for hydroxylation is 1. The van der Waals surface area contributed by atoms with Gasteiger partial charge >= 0.3 is 5.97 Å². The fraction of sp³-hybridized carbons (Fsp3) is 0.444. The molecule has 0 aliphatic heterocycles. The molecule has 1 rings (SSSR count). The molecular weight excluding hydrogens is 182 g/mol. The number of aliphatic carboxylic acids is 1. The van der Waals surface area contributed by atoms with Gasteiger partial charge in [-0.3, -0.25) is 4.79 Å². The minimum absolute atomic E-state index is 0.472. The largest absolute Gasteiger partial charge is 0.480 e. The predicted octanol–water partition coefficient (Wildman–Crippen LogP) is 0.211. The number of aromatic nitrogens is 2. The summed E-state index contributed by atoms with van der Waals surface area (Å²) in [6, 6.07) is 1.04. The first-order chi connectivity index (χ1) is 6.70. The number of hydrogen-bond donors (Lipinski definition) is 2. The van der Waals surface area contributed by atoms with E-state index >= 15 is 0 Å². The summed E-state index contributed by atoms with van der Waals surface area (Å²) < 4.78 is 0. The first kappa shape index (κ1) is 10.6. The van der Waals surface area contributed by atoms with E-state index in [1.807, 2.05) is 6.07 Å². The smallest absolute Gasteiger partial charge is 0.320 e. The van der Waals surface area contributed by atoms with Crippen molar-refractivity contribution in [2.75, 3.05) is 0 Å². The molecule has 1 heterocycles. The predicted molar refractivity (Wildman–Crippen MR) is 50.6 cm³/mol. The third-order valence-corrected chi connectivity index (χ3v) is 1.91. The average Bonchev–Trinajstić information content (AvgIpc) is 2.19. The standard InChI is InChI=1S/C9H13N3O2/c10-8(9(13)14)3-1-2-7-4-5-11-6-12-7/h4-6,8H,1-3,10H2,(H,13,14). The average molecular weight is 195 g/mol. The number of hydrogen-bond acceptors (Lipinski definition) is 4. The van der Waals surface area contributed by atoms with E-state index in [0.29, 0.717) is 6.42 Å². The van der Waals surface area contributed by atoms with Gasteiger partial charge in [0.25, 0.3) is 0 Å². The van der Waals surface area contributed by atoms with Gasteiger partial charge in [-0.2, -0.15) is 0 Å². The Bertz CT molecular complexity index is 289. The quantitative estimate of drug-likeness (QED) is 0.701. The van der Waals surface area contributed by atoms with Crippen molar-refractivity contribution >= 4 is 5.97 Å². The van der Waals surface area contributed by atoms with Gasteiger partial charge in [-0.15, -0.1) is 0 Å². The summed E-state index contributed by atoms with van der Waals surface area (Å²) in [6.45, 7) is 0. The van der Waals surface area contributed by atoms with Crippen LogP contribution in [0.3, 0.4) is 0 Å². The molecule has 14 heavy (non-hydrogen) atoms. The third-order valence-electron chi connectivity index (χ3n) is 1.91. The van der Waals surface area contributed by atoms with E-state index in [1.54, 1.807) is 6.20 Å². The van der Waals surface area contributed by atoms with Gasteiger partial charge in [0.1, 0.15) is 12.4 Å². The minimum atomic E-state index is -0.951. The van der Waals surface area contributed by atoms with Crippen LogP contribution in [0.5, 0.6) is 0 Å².